The summed E-state index contributed by atoms with van der Waals surface area (Å²) in [5, 5.41) is 6.01. The molecule has 0 aliphatic carbocycles. The van der Waals surface area contributed by atoms with Crippen molar-refractivity contribution in [2.75, 3.05) is 25.0 Å². The molecule has 5 rings (SSSR count). The summed E-state index contributed by atoms with van der Waals surface area (Å²) in [5.41, 5.74) is 2.67. The molecule has 154 valence electrons. The quantitative estimate of drug-likeness (QED) is 0.324. The van der Waals surface area contributed by atoms with Gasteiger partial charge in [-0.3, -0.25) is 4.90 Å². The monoisotopic (exact) mass is 465 g/mol. The molecule has 1 N–H and O–H groups in total. The Bertz CT molecular complexity index is 1040. The van der Waals surface area contributed by atoms with Crippen LogP contribution in [-0.4, -0.2) is 29.5 Å². The van der Waals surface area contributed by atoms with E-state index in [-0.39, 0.29) is 24.8 Å². The number of anilines is 1. The van der Waals surface area contributed by atoms with E-state index in [2.05, 4.69) is 57.7 Å². The molecular formula is C22H25Cl2N3S2. The first kappa shape index (κ1) is 22.3. The van der Waals surface area contributed by atoms with Crippen LogP contribution in [0.3, 0.4) is 0 Å². The molecule has 7 heteroatoms. The van der Waals surface area contributed by atoms with Gasteiger partial charge in [0, 0.05) is 29.2 Å². The van der Waals surface area contributed by atoms with Gasteiger partial charge in [-0.25, -0.2) is 4.98 Å². The van der Waals surface area contributed by atoms with E-state index in [0.717, 1.165) is 23.7 Å². The maximum absolute atomic E-state index is 4.65. The number of aromatic nitrogens is 1. The van der Waals surface area contributed by atoms with Crippen molar-refractivity contribution >= 4 is 72.9 Å². The minimum absolute atomic E-state index is 0. The Labute approximate surface area is 192 Å². The van der Waals surface area contributed by atoms with E-state index < -0.39 is 0 Å². The van der Waals surface area contributed by atoms with Crippen molar-refractivity contribution in [3.63, 3.8) is 0 Å². The molecule has 29 heavy (non-hydrogen) atoms. The normalized spacial score (nSPS) is 13.7. The molecule has 4 aromatic rings. The number of rotatable bonds is 6. The second-order valence-electron chi connectivity index (χ2n) is 7.15. The van der Waals surface area contributed by atoms with Crippen LogP contribution in [0.15, 0.2) is 48.5 Å². The standard InChI is InChI=1S/C22H23N3S2.2ClH/c1-3-9-19-16(7-1)17-15-25(14-11-20(17)26-19)13-6-5-12-23-22-24-18-8-2-4-10-21(18)27-22;;/h1-4,7-10H,5-6,11-15H2,(H,23,24);2*1H. The number of benzene rings is 2. The van der Waals surface area contributed by atoms with E-state index >= 15 is 0 Å². The fourth-order valence-electron chi connectivity index (χ4n) is 3.88. The van der Waals surface area contributed by atoms with Crippen LogP contribution in [0.2, 0.25) is 0 Å². The molecule has 0 amide bonds. The number of para-hydroxylation sites is 1. The Balaban J connectivity index is 0.00000120. The zero-order valence-electron chi connectivity index (χ0n) is 16.1. The lowest BCUT2D eigenvalue weighted by atomic mass is 10.0. The zero-order chi connectivity index (χ0) is 18.1. The summed E-state index contributed by atoms with van der Waals surface area (Å²) in [4.78, 5) is 8.87. The van der Waals surface area contributed by atoms with Gasteiger partial charge in [0.2, 0.25) is 0 Å². The summed E-state index contributed by atoms with van der Waals surface area (Å²) in [7, 11) is 0. The molecular weight excluding hydrogens is 441 g/mol. The summed E-state index contributed by atoms with van der Waals surface area (Å²) >= 11 is 3.74. The summed E-state index contributed by atoms with van der Waals surface area (Å²) in [6, 6.07) is 17.2. The van der Waals surface area contributed by atoms with E-state index in [1.165, 1.54) is 47.1 Å². The molecule has 2 aromatic carbocycles. The van der Waals surface area contributed by atoms with Crippen LogP contribution >= 0.6 is 47.5 Å². The average Bonchev–Trinajstić information content (AvgIpc) is 3.28. The first-order chi connectivity index (χ1) is 13.4. The molecule has 0 atom stereocenters. The minimum atomic E-state index is 0. The molecule has 0 unspecified atom stereocenters. The summed E-state index contributed by atoms with van der Waals surface area (Å²) < 4.78 is 2.71. The van der Waals surface area contributed by atoms with Crippen LogP contribution in [-0.2, 0) is 13.0 Å². The number of unbranched alkanes of at least 4 members (excludes halogenated alkanes) is 1. The van der Waals surface area contributed by atoms with Gasteiger partial charge in [0.15, 0.2) is 5.13 Å². The number of thiazole rings is 1. The maximum atomic E-state index is 4.65. The van der Waals surface area contributed by atoms with Gasteiger partial charge >= 0.3 is 0 Å². The van der Waals surface area contributed by atoms with E-state index in [1.54, 1.807) is 21.8 Å². The van der Waals surface area contributed by atoms with E-state index in [0.29, 0.717) is 0 Å². The molecule has 3 nitrogen and oxygen atoms in total. The average molecular weight is 467 g/mol. The highest BCUT2D eigenvalue weighted by atomic mass is 35.5. The first-order valence-electron chi connectivity index (χ1n) is 9.68. The summed E-state index contributed by atoms with van der Waals surface area (Å²) in [6.07, 6.45) is 3.62. The molecule has 1 aliphatic heterocycles. The molecule has 2 aromatic heterocycles. The Morgan fingerprint density at radius 2 is 1.72 bits per heavy atom. The smallest absolute Gasteiger partial charge is 0.183 e. The van der Waals surface area contributed by atoms with Gasteiger partial charge in [-0.15, -0.1) is 36.2 Å². The Hall–Kier alpha value is -1.37. The number of hydrogen-bond donors (Lipinski definition) is 1. The van der Waals surface area contributed by atoms with E-state index in [1.807, 2.05) is 17.4 Å². The van der Waals surface area contributed by atoms with Crippen molar-refractivity contribution in [1.82, 2.24) is 9.88 Å². The third-order valence-electron chi connectivity index (χ3n) is 5.29. The predicted molar refractivity (Wildman–Crippen MR) is 133 cm³/mol. The second kappa shape index (κ2) is 10.1. The lowest BCUT2D eigenvalue weighted by Crippen LogP contribution is -2.30. The van der Waals surface area contributed by atoms with Crippen LogP contribution in [0.5, 0.6) is 0 Å². The van der Waals surface area contributed by atoms with Gasteiger partial charge < -0.3 is 5.32 Å². The zero-order valence-corrected chi connectivity index (χ0v) is 19.4. The highest BCUT2D eigenvalue weighted by molar-refractivity contribution is 7.22. The van der Waals surface area contributed by atoms with Gasteiger partial charge in [0.25, 0.3) is 0 Å². The summed E-state index contributed by atoms with van der Waals surface area (Å²) in [6.45, 7) is 4.50. The topological polar surface area (TPSA) is 28.2 Å². The molecule has 0 bridgehead atoms. The molecule has 0 fully saturated rings. The SMILES string of the molecule is Cl.Cl.c1ccc2sc(NCCCCN3CCc4sc5ccccc5c4C3)nc2c1. The molecule has 1 aliphatic rings. The molecule has 0 radical (unpaired) electrons. The summed E-state index contributed by atoms with van der Waals surface area (Å²) in [5.74, 6) is 0. The van der Waals surface area contributed by atoms with Crippen molar-refractivity contribution in [3.8, 4) is 0 Å². The van der Waals surface area contributed by atoms with Crippen molar-refractivity contribution in [2.24, 2.45) is 0 Å². The lowest BCUT2D eigenvalue weighted by molar-refractivity contribution is 0.253. The highest BCUT2D eigenvalue weighted by Crippen LogP contribution is 2.35. The molecule has 3 heterocycles. The largest absolute Gasteiger partial charge is 0.361 e. The van der Waals surface area contributed by atoms with Crippen molar-refractivity contribution in [2.45, 2.75) is 25.8 Å². The minimum Gasteiger partial charge on any atom is -0.361 e. The fraction of sp³-hybridized carbons (Fsp3) is 0.318. The van der Waals surface area contributed by atoms with Crippen molar-refractivity contribution < 1.29 is 0 Å². The van der Waals surface area contributed by atoms with Crippen LogP contribution in [0.25, 0.3) is 20.3 Å². The second-order valence-corrected chi connectivity index (χ2v) is 9.31. The number of nitrogens with one attached hydrogen (secondary N) is 1. The van der Waals surface area contributed by atoms with Gasteiger partial charge in [-0.05, 0) is 55.0 Å². The predicted octanol–water partition coefficient (Wildman–Crippen LogP) is 6.61. The maximum Gasteiger partial charge on any atom is 0.183 e. The number of nitrogens with zero attached hydrogens (tertiary/aromatic N) is 2. The van der Waals surface area contributed by atoms with Gasteiger partial charge in [-0.2, -0.15) is 0 Å². The van der Waals surface area contributed by atoms with Crippen LogP contribution in [0.1, 0.15) is 23.3 Å². The van der Waals surface area contributed by atoms with Gasteiger partial charge in [0.05, 0.1) is 10.2 Å². The van der Waals surface area contributed by atoms with Crippen LogP contribution < -0.4 is 5.32 Å². The van der Waals surface area contributed by atoms with E-state index in [9.17, 15) is 0 Å². The number of thiophene rings is 1. The van der Waals surface area contributed by atoms with Gasteiger partial charge in [0.1, 0.15) is 0 Å². The first-order valence-corrected chi connectivity index (χ1v) is 11.3. The Morgan fingerprint density at radius 3 is 2.59 bits per heavy atom. The number of hydrogen-bond acceptors (Lipinski definition) is 5. The van der Waals surface area contributed by atoms with Gasteiger partial charge in [-0.1, -0.05) is 41.7 Å². The number of halogens is 2. The van der Waals surface area contributed by atoms with Crippen LogP contribution in [0.4, 0.5) is 5.13 Å². The highest BCUT2D eigenvalue weighted by Gasteiger charge is 2.20. The molecule has 0 saturated heterocycles. The van der Waals surface area contributed by atoms with E-state index in [4.69, 9.17) is 0 Å². The Kier molecular flexibility index (Phi) is 7.77. The van der Waals surface area contributed by atoms with Crippen molar-refractivity contribution in [1.29, 1.82) is 0 Å². The van der Waals surface area contributed by atoms with Crippen LogP contribution in [0, 0.1) is 0 Å². The Morgan fingerprint density at radius 1 is 0.931 bits per heavy atom. The lowest BCUT2D eigenvalue weighted by Gasteiger charge is -2.27. The third kappa shape index (κ3) is 4.86. The number of fused-ring (bicyclic) bond motifs is 4. The fourth-order valence-corrected chi connectivity index (χ4v) is 5.98. The third-order valence-corrected chi connectivity index (χ3v) is 7.56. The molecule has 0 spiro atoms. The van der Waals surface area contributed by atoms with Crippen molar-refractivity contribution in [3.05, 3.63) is 59.0 Å². The molecule has 0 saturated carbocycles.